The van der Waals surface area contributed by atoms with Crippen molar-refractivity contribution in [3.63, 3.8) is 0 Å². The van der Waals surface area contributed by atoms with Crippen molar-refractivity contribution in [3.05, 3.63) is 40.4 Å². The Morgan fingerprint density at radius 2 is 2.00 bits per heavy atom. The van der Waals surface area contributed by atoms with E-state index in [-0.39, 0.29) is 29.3 Å². The summed E-state index contributed by atoms with van der Waals surface area (Å²) in [6.45, 7) is 3.97. The Labute approximate surface area is 127 Å². The number of hydrogen-bond donors (Lipinski definition) is 3. The second kappa shape index (κ2) is 6.70. The lowest BCUT2D eigenvalue weighted by atomic mass is 10.3. The van der Waals surface area contributed by atoms with E-state index in [9.17, 15) is 10.1 Å². The van der Waals surface area contributed by atoms with Gasteiger partial charge in [0.25, 0.3) is 0 Å². The molecule has 0 amide bonds. The molecule has 1 aromatic carbocycles. The van der Waals surface area contributed by atoms with Crippen molar-refractivity contribution >= 4 is 29.0 Å². The maximum atomic E-state index is 11.2. The van der Waals surface area contributed by atoms with Gasteiger partial charge in [-0.25, -0.2) is 0 Å². The number of nitrogens with zero attached hydrogens (tertiary/aromatic N) is 3. The molecule has 0 aliphatic rings. The van der Waals surface area contributed by atoms with Crippen molar-refractivity contribution in [2.75, 3.05) is 16.4 Å². The van der Waals surface area contributed by atoms with Gasteiger partial charge < -0.3 is 16.4 Å². The molecule has 8 heteroatoms. The van der Waals surface area contributed by atoms with Gasteiger partial charge >= 0.3 is 5.69 Å². The lowest BCUT2D eigenvalue weighted by molar-refractivity contribution is -0.383. The molecular weight excluding hydrogens is 284 g/mol. The number of hydrogen-bond acceptors (Lipinski definition) is 7. The molecule has 0 aliphatic heterocycles. The molecule has 0 bridgehead atoms. The van der Waals surface area contributed by atoms with Crippen LogP contribution in [-0.2, 0) is 0 Å². The van der Waals surface area contributed by atoms with Crippen LogP contribution in [0.25, 0.3) is 0 Å². The molecule has 0 radical (unpaired) electrons. The van der Waals surface area contributed by atoms with E-state index in [1.807, 2.05) is 32.0 Å². The van der Waals surface area contributed by atoms with Gasteiger partial charge in [-0.3, -0.25) is 10.1 Å². The number of anilines is 4. The third-order valence-corrected chi connectivity index (χ3v) is 3.12. The maximum Gasteiger partial charge on any atom is 0.353 e. The van der Waals surface area contributed by atoms with Crippen molar-refractivity contribution in [2.45, 2.75) is 26.3 Å². The van der Waals surface area contributed by atoms with Crippen LogP contribution < -0.4 is 16.4 Å². The average molecular weight is 302 g/mol. The van der Waals surface area contributed by atoms with Gasteiger partial charge in [0.2, 0.25) is 17.6 Å². The lowest BCUT2D eigenvalue weighted by Gasteiger charge is -2.13. The standard InChI is InChI=1S/C14H18N6O2/c1-3-9(2)16-14-18-12(15)11(20(21)22)13(19-14)17-10-7-5-4-6-8-10/h4-9H,3H2,1-2H3,(H4,15,16,17,18,19). The summed E-state index contributed by atoms with van der Waals surface area (Å²) in [6.07, 6.45) is 0.863. The molecule has 2 rings (SSSR count). The molecule has 1 heterocycles. The first-order chi connectivity index (χ1) is 10.5. The van der Waals surface area contributed by atoms with E-state index >= 15 is 0 Å². The van der Waals surface area contributed by atoms with Gasteiger partial charge in [-0.2, -0.15) is 9.97 Å². The first-order valence-corrected chi connectivity index (χ1v) is 6.91. The van der Waals surface area contributed by atoms with E-state index in [1.165, 1.54) is 0 Å². The Hall–Kier alpha value is -2.90. The quantitative estimate of drug-likeness (QED) is 0.554. The number of nitro groups is 1. The van der Waals surface area contributed by atoms with E-state index in [0.29, 0.717) is 5.69 Å². The highest BCUT2D eigenvalue weighted by Crippen LogP contribution is 2.31. The third-order valence-electron chi connectivity index (χ3n) is 3.12. The summed E-state index contributed by atoms with van der Waals surface area (Å²) < 4.78 is 0. The molecule has 1 unspecified atom stereocenters. The minimum atomic E-state index is -0.590. The van der Waals surface area contributed by atoms with Crippen LogP contribution in [0.1, 0.15) is 20.3 Å². The third kappa shape index (κ3) is 3.60. The summed E-state index contributed by atoms with van der Waals surface area (Å²) in [4.78, 5) is 18.8. The van der Waals surface area contributed by atoms with Crippen molar-refractivity contribution < 1.29 is 4.92 Å². The van der Waals surface area contributed by atoms with Crippen LogP contribution in [-0.4, -0.2) is 20.9 Å². The SMILES string of the molecule is CCC(C)Nc1nc(N)c([N+](=O)[O-])c(Nc2ccccc2)n1. The van der Waals surface area contributed by atoms with Crippen LogP contribution in [0, 0.1) is 10.1 Å². The molecule has 0 saturated heterocycles. The Kier molecular flexibility index (Phi) is 4.72. The van der Waals surface area contributed by atoms with Crippen LogP contribution in [0.5, 0.6) is 0 Å². The van der Waals surface area contributed by atoms with Crippen LogP contribution in [0.3, 0.4) is 0 Å². The van der Waals surface area contributed by atoms with E-state index in [0.717, 1.165) is 6.42 Å². The molecule has 116 valence electrons. The minimum Gasteiger partial charge on any atom is -0.378 e. The van der Waals surface area contributed by atoms with Gasteiger partial charge in [0.1, 0.15) is 0 Å². The molecular formula is C14H18N6O2. The average Bonchev–Trinajstić information content (AvgIpc) is 2.47. The number of aromatic nitrogens is 2. The number of benzene rings is 1. The van der Waals surface area contributed by atoms with Crippen molar-refractivity contribution in [1.29, 1.82) is 0 Å². The highest BCUT2D eigenvalue weighted by Gasteiger charge is 2.23. The van der Waals surface area contributed by atoms with Crippen LogP contribution in [0.2, 0.25) is 0 Å². The van der Waals surface area contributed by atoms with E-state index in [4.69, 9.17) is 5.73 Å². The predicted octanol–water partition coefficient (Wildman–Crippen LogP) is 2.92. The topological polar surface area (TPSA) is 119 Å². The summed E-state index contributed by atoms with van der Waals surface area (Å²) in [5.41, 5.74) is 6.07. The molecule has 0 spiro atoms. The zero-order valence-electron chi connectivity index (χ0n) is 12.4. The van der Waals surface area contributed by atoms with Gasteiger partial charge in [-0.15, -0.1) is 0 Å². The number of nitrogens with one attached hydrogen (secondary N) is 2. The van der Waals surface area contributed by atoms with E-state index in [1.54, 1.807) is 12.1 Å². The normalized spacial score (nSPS) is 11.7. The minimum absolute atomic E-state index is 0.0644. The largest absolute Gasteiger partial charge is 0.378 e. The Morgan fingerprint density at radius 1 is 1.32 bits per heavy atom. The van der Waals surface area contributed by atoms with E-state index in [2.05, 4.69) is 20.6 Å². The fraction of sp³-hybridized carbons (Fsp3) is 0.286. The van der Waals surface area contributed by atoms with Crippen molar-refractivity contribution in [3.8, 4) is 0 Å². The summed E-state index contributed by atoms with van der Waals surface area (Å²) >= 11 is 0. The number of nitrogens with two attached hydrogens (primary N) is 1. The zero-order chi connectivity index (χ0) is 16.1. The van der Waals surface area contributed by atoms with E-state index < -0.39 is 4.92 Å². The van der Waals surface area contributed by atoms with Crippen molar-refractivity contribution in [1.82, 2.24) is 9.97 Å². The maximum absolute atomic E-state index is 11.2. The van der Waals surface area contributed by atoms with Gasteiger partial charge in [0.15, 0.2) is 0 Å². The fourth-order valence-electron chi connectivity index (χ4n) is 1.78. The molecule has 2 aromatic rings. The Balaban J connectivity index is 2.41. The molecule has 0 saturated carbocycles. The fourth-order valence-corrected chi connectivity index (χ4v) is 1.78. The monoisotopic (exact) mass is 302 g/mol. The molecule has 4 N–H and O–H groups in total. The number of nitrogen functional groups attached to an aromatic ring is 1. The summed E-state index contributed by atoms with van der Waals surface area (Å²) in [5, 5.41) is 17.2. The molecule has 22 heavy (non-hydrogen) atoms. The molecule has 1 aromatic heterocycles. The molecule has 1 atom stereocenters. The molecule has 0 fully saturated rings. The number of rotatable bonds is 6. The van der Waals surface area contributed by atoms with Gasteiger partial charge in [-0.1, -0.05) is 25.1 Å². The van der Waals surface area contributed by atoms with Gasteiger partial charge in [0.05, 0.1) is 4.92 Å². The van der Waals surface area contributed by atoms with Gasteiger partial charge in [-0.05, 0) is 25.5 Å². The van der Waals surface area contributed by atoms with Crippen LogP contribution in [0.15, 0.2) is 30.3 Å². The first-order valence-electron chi connectivity index (χ1n) is 6.91. The Morgan fingerprint density at radius 3 is 2.59 bits per heavy atom. The Bertz CT molecular complexity index is 662. The lowest BCUT2D eigenvalue weighted by Crippen LogP contribution is -2.17. The first kappa shape index (κ1) is 15.5. The summed E-state index contributed by atoms with van der Waals surface area (Å²) in [7, 11) is 0. The van der Waals surface area contributed by atoms with Crippen LogP contribution in [0.4, 0.5) is 29.0 Å². The number of para-hydroxylation sites is 1. The second-order valence-electron chi connectivity index (χ2n) is 4.83. The van der Waals surface area contributed by atoms with Crippen LogP contribution >= 0.6 is 0 Å². The predicted molar refractivity (Wildman–Crippen MR) is 86.2 cm³/mol. The summed E-state index contributed by atoms with van der Waals surface area (Å²) in [6, 6.07) is 9.18. The highest BCUT2D eigenvalue weighted by molar-refractivity contribution is 5.74. The van der Waals surface area contributed by atoms with Crippen molar-refractivity contribution in [2.24, 2.45) is 0 Å². The summed E-state index contributed by atoms with van der Waals surface area (Å²) in [5.74, 6) is 0.148. The zero-order valence-corrected chi connectivity index (χ0v) is 12.4. The highest BCUT2D eigenvalue weighted by atomic mass is 16.6. The molecule has 8 nitrogen and oxygen atoms in total. The smallest absolute Gasteiger partial charge is 0.353 e. The van der Waals surface area contributed by atoms with Gasteiger partial charge in [0, 0.05) is 11.7 Å². The molecule has 0 aliphatic carbocycles. The second-order valence-corrected chi connectivity index (χ2v) is 4.83.